The van der Waals surface area contributed by atoms with Gasteiger partial charge in [0.25, 0.3) is 0 Å². The monoisotopic (exact) mass is 282 g/mol. The van der Waals surface area contributed by atoms with Gasteiger partial charge in [0.2, 0.25) is 0 Å². The average molecular weight is 282 g/mol. The predicted octanol–water partition coefficient (Wildman–Crippen LogP) is 2.90. The molecule has 0 amide bonds. The number of rotatable bonds is 6. The van der Waals surface area contributed by atoms with Crippen LogP contribution in [0.4, 0.5) is 0 Å². The quantitative estimate of drug-likeness (QED) is 0.811. The molecule has 3 nitrogen and oxygen atoms in total. The van der Waals surface area contributed by atoms with E-state index in [4.69, 9.17) is 4.74 Å². The molecule has 2 saturated heterocycles. The fourth-order valence-electron chi connectivity index (χ4n) is 3.61. The van der Waals surface area contributed by atoms with Gasteiger partial charge >= 0.3 is 0 Å². The van der Waals surface area contributed by atoms with E-state index in [2.05, 4.69) is 37.9 Å². The molecule has 3 atom stereocenters. The van der Waals surface area contributed by atoms with Crippen LogP contribution in [0.1, 0.15) is 53.4 Å². The Hall–Kier alpha value is -0.120. The van der Waals surface area contributed by atoms with Gasteiger partial charge in [-0.1, -0.05) is 27.7 Å². The lowest BCUT2D eigenvalue weighted by atomic mass is 9.94. The standard InChI is InChI=1S/C17H34N2O/c1-13(2)16-12-19(17(11-18-16)14(3)4)9-5-7-15-8-6-10-20-15/h13-18H,5-12H2,1-4H3. The second kappa shape index (κ2) is 7.77. The predicted molar refractivity (Wildman–Crippen MR) is 85.0 cm³/mol. The molecular weight excluding hydrogens is 248 g/mol. The van der Waals surface area contributed by atoms with Gasteiger partial charge in [0.1, 0.15) is 0 Å². The van der Waals surface area contributed by atoms with Crippen LogP contribution < -0.4 is 5.32 Å². The van der Waals surface area contributed by atoms with E-state index in [0.717, 1.165) is 25.0 Å². The lowest BCUT2D eigenvalue weighted by Crippen LogP contribution is -2.59. The summed E-state index contributed by atoms with van der Waals surface area (Å²) in [5, 5.41) is 3.75. The zero-order chi connectivity index (χ0) is 14.5. The Bertz CT molecular complexity index is 274. The van der Waals surface area contributed by atoms with Crippen LogP contribution in [-0.2, 0) is 4.74 Å². The van der Waals surface area contributed by atoms with Crippen LogP contribution in [0.2, 0.25) is 0 Å². The van der Waals surface area contributed by atoms with Gasteiger partial charge in [0.15, 0.2) is 0 Å². The minimum absolute atomic E-state index is 0.552. The Labute approximate surface area is 125 Å². The first-order valence-corrected chi connectivity index (χ1v) is 8.67. The van der Waals surface area contributed by atoms with E-state index in [-0.39, 0.29) is 0 Å². The number of nitrogens with one attached hydrogen (secondary N) is 1. The van der Waals surface area contributed by atoms with Crippen LogP contribution in [0.15, 0.2) is 0 Å². The molecule has 20 heavy (non-hydrogen) atoms. The molecular formula is C17H34N2O. The van der Waals surface area contributed by atoms with Crippen molar-refractivity contribution in [1.82, 2.24) is 10.2 Å². The number of nitrogens with zero attached hydrogens (tertiary/aromatic N) is 1. The van der Waals surface area contributed by atoms with Gasteiger partial charge in [0, 0.05) is 31.8 Å². The van der Waals surface area contributed by atoms with E-state index in [1.807, 2.05) is 0 Å². The first kappa shape index (κ1) is 16.3. The number of hydrogen-bond donors (Lipinski definition) is 1. The minimum Gasteiger partial charge on any atom is -0.378 e. The number of piperazine rings is 1. The maximum absolute atomic E-state index is 5.75. The van der Waals surface area contributed by atoms with Gasteiger partial charge in [-0.05, 0) is 44.1 Å². The summed E-state index contributed by atoms with van der Waals surface area (Å²) < 4.78 is 5.75. The summed E-state index contributed by atoms with van der Waals surface area (Å²) in [5.74, 6) is 1.46. The molecule has 0 radical (unpaired) electrons. The van der Waals surface area contributed by atoms with Gasteiger partial charge in [-0.25, -0.2) is 0 Å². The molecule has 0 saturated carbocycles. The van der Waals surface area contributed by atoms with E-state index in [9.17, 15) is 0 Å². The summed E-state index contributed by atoms with van der Waals surface area (Å²) in [6, 6.07) is 1.36. The van der Waals surface area contributed by atoms with Crippen molar-refractivity contribution in [2.75, 3.05) is 26.2 Å². The summed E-state index contributed by atoms with van der Waals surface area (Å²) in [5.41, 5.74) is 0. The Morgan fingerprint density at radius 3 is 2.60 bits per heavy atom. The fraction of sp³-hybridized carbons (Fsp3) is 1.00. The molecule has 2 aliphatic heterocycles. The maximum atomic E-state index is 5.75. The zero-order valence-corrected chi connectivity index (χ0v) is 13.9. The van der Waals surface area contributed by atoms with Crippen LogP contribution >= 0.6 is 0 Å². The first-order chi connectivity index (χ1) is 9.58. The smallest absolute Gasteiger partial charge is 0.0576 e. The van der Waals surface area contributed by atoms with Crippen LogP contribution in [0, 0.1) is 11.8 Å². The molecule has 0 aliphatic carbocycles. The van der Waals surface area contributed by atoms with E-state index in [1.165, 1.54) is 38.8 Å². The molecule has 0 aromatic heterocycles. The van der Waals surface area contributed by atoms with Crippen molar-refractivity contribution >= 4 is 0 Å². The third-order valence-electron chi connectivity index (χ3n) is 5.06. The molecule has 2 aliphatic rings. The molecule has 3 heteroatoms. The molecule has 118 valence electrons. The normalized spacial score (nSPS) is 32.4. The molecule has 3 unspecified atom stereocenters. The van der Waals surface area contributed by atoms with Gasteiger partial charge in [-0.3, -0.25) is 4.90 Å². The van der Waals surface area contributed by atoms with Crippen molar-refractivity contribution in [3.63, 3.8) is 0 Å². The molecule has 0 aromatic carbocycles. The van der Waals surface area contributed by atoms with E-state index >= 15 is 0 Å². The molecule has 0 spiro atoms. The highest BCUT2D eigenvalue weighted by Crippen LogP contribution is 2.21. The van der Waals surface area contributed by atoms with Crippen molar-refractivity contribution in [3.8, 4) is 0 Å². The lowest BCUT2D eigenvalue weighted by Gasteiger charge is -2.44. The van der Waals surface area contributed by atoms with Gasteiger partial charge < -0.3 is 10.1 Å². The van der Waals surface area contributed by atoms with Crippen molar-refractivity contribution in [2.45, 2.75) is 71.6 Å². The maximum Gasteiger partial charge on any atom is 0.0576 e. The Kier molecular flexibility index (Phi) is 6.31. The zero-order valence-electron chi connectivity index (χ0n) is 13.9. The fourth-order valence-corrected chi connectivity index (χ4v) is 3.61. The minimum atomic E-state index is 0.552. The van der Waals surface area contributed by atoms with Crippen molar-refractivity contribution in [2.24, 2.45) is 11.8 Å². The van der Waals surface area contributed by atoms with Gasteiger partial charge in [-0.2, -0.15) is 0 Å². The van der Waals surface area contributed by atoms with Crippen LogP contribution in [0.3, 0.4) is 0 Å². The first-order valence-electron chi connectivity index (χ1n) is 8.67. The third kappa shape index (κ3) is 4.44. The molecule has 2 heterocycles. The molecule has 2 fully saturated rings. The number of hydrogen-bond acceptors (Lipinski definition) is 3. The summed E-state index contributed by atoms with van der Waals surface area (Å²) >= 11 is 0. The highest BCUT2D eigenvalue weighted by atomic mass is 16.5. The Morgan fingerprint density at radius 1 is 1.20 bits per heavy atom. The average Bonchev–Trinajstić information content (AvgIpc) is 2.91. The summed E-state index contributed by atoms with van der Waals surface area (Å²) in [4.78, 5) is 2.74. The second-order valence-electron chi connectivity index (χ2n) is 7.34. The van der Waals surface area contributed by atoms with E-state index in [1.54, 1.807) is 0 Å². The Balaban J connectivity index is 1.79. The summed E-state index contributed by atoms with van der Waals surface area (Å²) in [6.07, 6.45) is 5.64. The molecule has 2 rings (SSSR count). The Morgan fingerprint density at radius 2 is 2.00 bits per heavy atom. The number of ether oxygens (including phenoxy) is 1. The SMILES string of the molecule is CC(C)C1CN(CCCC2CCCO2)C(C(C)C)CN1. The topological polar surface area (TPSA) is 24.5 Å². The van der Waals surface area contributed by atoms with E-state index < -0.39 is 0 Å². The largest absolute Gasteiger partial charge is 0.378 e. The van der Waals surface area contributed by atoms with Crippen molar-refractivity contribution in [3.05, 3.63) is 0 Å². The highest BCUT2D eigenvalue weighted by molar-refractivity contribution is 4.89. The molecule has 0 aromatic rings. The second-order valence-corrected chi connectivity index (χ2v) is 7.34. The van der Waals surface area contributed by atoms with Crippen LogP contribution in [0.25, 0.3) is 0 Å². The van der Waals surface area contributed by atoms with Crippen molar-refractivity contribution in [1.29, 1.82) is 0 Å². The third-order valence-corrected chi connectivity index (χ3v) is 5.06. The lowest BCUT2D eigenvalue weighted by molar-refractivity contribution is 0.0693. The van der Waals surface area contributed by atoms with Crippen LogP contribution in [0.5, 0.6) is 0 Å². The van der Waals surface area contributed by atoms with Gasteiger partial charge in [-0.15, -0.1) is 0 Å². The molecule has 1 N–H and O–H groups in total. The van der Waals surface area contributed by atoms with E-state index in [0.29, 0.717) is 18.2 Å². The van der Waals surface area contributed by atoms with Crippen LogP contribution in [-0.4, -0.2) is 49.3 Å². The van der Waals surface area contributed by atoms with Crippen molar-refractivity contribution < 1.29 is 4.74 Å². The summed E-state index contributed by atoms with van der Waals surface area (Å²) in [6.45, 7) is 14.0. The summed E-state index contributed by atoms with van der Waals surface area (Å²) in [7, 11) is 0. The highest BCUT2D eigenvalue weighted by Gasteiger charge is 2.30. The van der Waals surface area contributed by atoms with Gasteiger partial charge in [0.05, 0.1) is 6.10 Å². The molecule has 0 bridgehead atoms.